The third-order valence-electron chi connectivity index (χ3n) is 8.50. The van der Waals surface area contributed by atoms with Gasteiger partial charge in [0.05, 0.1) is 43.6 Å². The average molecular weight is 676 g/mol. The molecule has 8 nitrogen and oxygen atoms in total. The van der Waals surface area contributed by atoms with Crippen LogP contribution in [0.4, 0.5) is 10.1 Å². The molecule has 1 N–H and O–H groups in total. The van der Waals surface area contributed by atoms with Crippen LogP contribution >= 0.6 is 11.6 Å². The lowest BCUT2D eigenvalue weighted by Gasteiger charge is -2.23. The van der Waals surface area contributed by atoms with Crippen LogP contribution in [0.15, 0.2) is 85.1 Å². The molecule has 0 unspecified atom stereocenters. The van der Waals surface area contributed by atoms with E-state index in [2.05, 4.69) is 10.3 Å². The van der Waals surface area contributed by atoms with E-state index < -0.39 is 5.82 Å². The number of hydrogen-bond acceptors (Lipinski definition) is 7. The number of anilines is 1. The Bertz CT molecular complexity index is 2270. The molecule has 0 radical (unpaired) electrons. The van der Waals surface area contributed by atoms with E-state index in [-0.39, 0.29) is 11.7 Å². The van der Waals surface area contributed by atoms with E-state index in [1.54, 1.807) is 57.9 Å². The van der Waals surface area contributed by atoms with Crippen LogP contribution in [0, 0.1) is 5.82 Å². The van der Waals surface area contributed by atoms with E-state index in [1.807, 2.05) is 42.5 Å². The molecule has 1 aliphatic rings. The molecule has 4 aromatic carbocycles. The van der Waals surface area contributed by atoms with Crippen molar-refractivity contribution in [2.75, 3.05) is 26.6 Å². The summed E-state index contributed by atoms with van der Waals surface area (Å²) >= 11 is 6.11. The first-order chi connectivity index (χ1) is 23.9. The van der Waals surface area contributed by atoms with Crippen LogP contribution in [-0.4, -0.2) is 37.2 Å². The van der Waals surface area contributed by atoms with Crippen LogP contribution < -0.4 is 24.3 Å². The summed E-state index contributed by atoms with van der Waals surface area (Å²) in [5.41, 5.74) is 5.54. The maximum Gasteiger partial charge on any atom is 0.256 e. The highest BCUT2D eigenvalue weighted by Crippen LogP contribution is 2.41. The zero-order chi connectivity index (χ0) is 34.1. The van der Waals surface area contributed by atoms with Gasteiger partial charge in [0.2, 0.25) is 5.75 Å². The molecule has 0 fully saturated rings. The van der Waals surface area contributed by atoms with Gasteiger partial charge in [-0.1, -0.05) is 29.8 Å². The second kappa shape index (κ2) is 13.4. The number of nitrogens with zero attached hydrogens (tertiary/aromatic N) is 2. The van der Waals surface area contributed by atoms with E-state index >= 15 is 4.39 Å². The fraction of sp³-hybridized carbons (Fsp3) is 0.154. The molecular weight excluding hydrogens is 645 g/mol. The number of methoxy groups -OCH3 is 3. The number of carbonyl (C=O) groups is 1. The van der Waals surface area contributed by atoms with Crippen molar-refractivity contribution in [3.8, 4) is 28.7 Å². The molecule has 246 valence electrons. The van der Waals surface area contributed by atoms with Crippen molar-refractivity contribution in [3.63, 3.8) is 0 Å². The number of nitrogens with one attached hydrogen (secondary N) is 1. The number of hydrogen-bond donors (Lipinski definition) is 1. The van der Waals surface area contributed by atoms with Gasteiger partial charge in [0, 0.05) is 33.7 Å². The van der Waals surface area contributed by atoms with Crippen molar-refractivity contribution in [1.29, 1.82) is 0 Å². The number of ether oxygens (including phenoxy) is 4. The van der Waals surface area contributed by atoms with E-state index in [1.165, 1.54) is 12.1 Å². The largest absolute Gasteiger partial charge is 0.493 e. The van der Waals surface area contributed by atoms with E-state index in [0.29, 0.717) is 62.1 Å². The summed E-state index contributed by atoms with van der Waals surface area (Å²) in [7, 11) is 4.72. The Morgan fingerprint density at radius 1 is 0.837 bits per heavy atom. The molecule has 0 bridgehead atoms. The fourth-order valence-electron chi connectivity index (χ4n) is 6.28. The normalized spacial score (nSPS) is 13.3. The lowest BCUT2D eigenvalue weighted by Crippen LogP contribution is -2.19. The van der Waals surface area contributed by atoms with Gasteiger partial charge >= 0.3 is 0 Å². The van der Waals surface area contributed by atoms with Crippen LogP contribution in [0.2, 0.25) is 5.02 Å². The number of rotatable bonds is 8. The Kier molecular flexibility index (Phi) is 8.76. The van der Waals surface area contributed by atoms with Crippen LogP contribution in [0.25, 0.3) is 33.5 Å². The smallest absolute Gasteiger partial charge is 0.256 e. The Morgan fingerprint density at radius 3 is 2.39 bits per heavy atom. The first-order valence-electron chi connectivity index (χ1n) is 15.6. The molecule has 10 heteroatoms. The summed E-state index contributed by atoms with van der Waals surface area (Å²) in [4.78, 5) is 23.4. The van der Waals surface area contributed by atoms with Crippen molar-refractivity contribution in [2.24, 2.45) is 0 Å². The van der Waals surface area contributed by atoms with Crippen molar-refractivity contribution < 1.29 is 28.1 Å². The van der Waals surface area contributed by atoms with Crippen LogP contribution in [0.5, 0.6) is 28.7 Å². The Labute approximate surface area is 287 Å². The standard InChI is InChI=1S/C39H31ClFN3O5/c1-46-34-18-22(19-35(47-2)38(34)48-3)17-23-7-6-9-28-36(27-8-4-5-10-30(27)44-37(23)28)39(45)43-25-12-14-33(29(41)21-25)49-32-15-16-42-31-20-24(40)11-13-26(31)32/h4-5,8,10-21H,6-7,9H2,1-3H3,(H,43,45)/b23-17-. The number of pyridine rings is 2. The highest BCUT2D eigenvalue weighted by Gasteiger charge is 2.26. The quantitative estimate of drug-likeness (QED) is 0.172. The predicted molar refractivity (Wildman–Crippen MR) is 190 cm³/mol. The minimum atomic E-state index is -0.631. The van der Waals surface area contributed by atoms with Crippen molar-refractivity contribution in [1.82, 2.24) is 9.97 Å². The molecule has 0 atom stereocenters. The van der Waals surface area contributed by atoms with Crippen LogP contribution in [-0.2, 0) is 6.42 Å². The molecule has 6 aromatic rings. The van der Waals surface area contributed by atoms with Gasteiger partial charge in [-0.25, -0.2) is 9.37 Å². The van der Waals surface area contributed by atoms with E-state index in [4.69, 9.17) is 35.5 Å². The predicted octanol–water partition coefficient (Wildman–Crippen LogP) is 9.52. The van der Waals surface area contributed by atoms with E-state index in [9.17, 15) is 4.79 Å². The number of aromatic nitrogens is 2. The van der Waals surface area contributed by atoms with Gasteiger partial charge in [-0.05, 0) is 96.6 Å². The SMILES string of the molecule is COc1cc(/C=C2/CCCc3c2nc2ccccc2c3C(=O)Nc2ccc(Oc3ccnc4cc(Cl)ccc34)c(F)c2)cc(OC)c1OC. The summed E-state index contributed by atoms with van der Waals surface area (Å²) in [5.74, 6) is 1.05. The molecule has 0 spiro atoms. The first kappa shape index (κ1) is 31.9. The van der Waals surface area contributed by atoms with Gasteiger partial charge in [0.1, 0.15) is 5.75 Å². The van der Waals surface area contributed by atoms with Crippen molar-refractivity contribution in [3.05, 3.63) is 118 Å². The van der Waals surface area contributed by atoms with Gasteiger partial charge in [0.25, 0.3) is 5.91 Å². The van der Waals surface area contributed by atoms with Crippen LogP contribution in [0.1, 0.15) is 40.0 Å². The molecule has 0 aliphatic heterocycles. The lowest BCUT2D eigenvalue weighted by molar-refractivity contribution is 0.102. The average Bonchev–Trinajstić information content (AvgIpc) is 3.11. The summed E-state index contributed by atoms with van der Waals surface area (Å²) < 4.78 is 38.0. The molecular formula is C39H31ClFN3O5. The maximum absolute atomic E-state index is 15.4. The number of allylic oxidation sites excluding steroid dienone is 1. The van der Waals surface area contributed by atoms with Crippen molar-refractivity contribution >= 4 is 56.7 Å². The Balaban J connectivity index is 1.23. The second-order valence-corrected chi connectivity index (χ2v) is 11.9. The molecule has 7 rings (SSSR count). The lowest BCUT2D eigenvalue weighted by atomic mass is 9.85. The number of amides is 1. The number of carbonyl (C=O) groups excluding carboxylic acids is 1. The zero-order valence-electron chi connectivity index (χ0n) is 27.0. The van der Waals surface area contributed by atoms with Crippen LogP contribution in [0.3, 0.4) is 0 Å². The third kappa shape index (κ3) is 6.21. The highest BCUT2D eigenvalue weighted by molar-refractivity contribution is 6.31. The topological polar surface area (TPSA) is 91.8 Å². The molecule has 0 saturated heterocycles. The zero-order valence-corrected chi connectivity index (χ0v) is 27.7. The monoisotopic (exact) mass is 675 g/mol. The Morgan fingerprint density at radius 2 is 1.63 bits per heavy atom. The molecule has 2 heterocycles. The maximum atomic E-state index is 15.4. The Hall–Kier alpha value is -5.67. The summed E-state index contributed by atoms with van der Waals surface area (Å²) in [5, 5.41) is 4.87. The van der Waals surface area contributed by atoms with Gasteiger partial charge < -0.3 is 24.3 Å². The van der Waals surface area contributed by atoms with Gasteiger partial charge in [-0.15, -0.1) is 0 Å². The summed E-state index contributed by atoms with van der Waals surface area (Å²) in [6, 6.07) is 22.5. The number of benzene rings is 4. The van der Waals surface area contributed by atoms with E-state index in [0.717, 1.165) is 40.6 Å². The summed E-state index contributed by atoms with van der Waals surface area (Å²) in [6.07, 6.45) is 5.86. The van der Waals surface area contributed by atoms with Gasteiger partial charge in [-0.3, -0.25) is 9.78 Å². The molecule has 2 aromatic heterocycles. The first-order valence-corrected chi connectivity index (χ1v) is 16.0. The third-order valence-corrected chi connectivity index (χ3v) is 8.73. The number of fused-ring (bicyclic) bond motifs is 3. The molecule has 1 amide bonds. The van der Waals surface area contributed by atoms with Gasteiger partial charge in [0.15, 0.2) is 23.1 Å². The van der Waals surface area contributed by atoms with Crippen molar-refractivity contribution in [2.45, 2.75) is 19.3 Å². The second-order valence-electron chi connectivity index (χ2n) is 11.5. The fourth-order valence-corrected chi connectivity index (χ4v) is 6.44. The highest BCUT2D eigenvalue weighted by atomic mass is 35.5. The number of para-hydroxylation sites is 1. The molecule has 49 heavy (non-hydrogen) atoms. The van der Waals surface area contributed by atoms with Gasteiger partial charge in [-0.2, -0.15) is 0 Å². The molecule has 0 saturated carbocycles. The number of halogens is 2. The minimum absolute atomic E-state index is 0.00811. The molecule has 1 aliphatic carbocycles. The minimum Gasteiger partial charge on any atom is -0.493 e. The summed E-state index contributed by atoms with van der Waals surface area (Å²) in [6.45, 7) is 0.